The molecule has 5 heterocycles. The third-order valence-electron chi connectivity index (χ3n) is 12.8. The molecular formula is C43H51N3O12. The van der Waals surface area contributed by atoms with Crippen LogP contribution >= 0.6 is 0 Å². The second-order valence-corrected chi connectivity index (χ2v) is 16.7. The Morgan fingerprint density at radius 2 is 1.83 bits per heavy atom. The second kappa shape index (κ2) is 15.5. The van der Waals surface area contributed by atoms with Crippen molar-refractivity contribution in [1.82, 2.24) is 14.9 Å². The molecule has 5 aromatic rings. The monoisotopic (exact) mass is 801 g/mol. The minimum Gasteiger partial charge on any atom is -0.508 e. The number of rotatable bonds is 14. The standard InChI is InChI=1S/C43H51N3O12/c1-24-15-32(49)30-16-27-17-34(58-55-23-43(54,39(52)36(51)33(50)22-47)18-25-5-7-29(48)8-6-25)41(2,13-9-28-19-45-40(53)42(28)11-3-4-12-42)57-37(27)35(38(30)56-24)46-20-26-10-14-44-31(26)21-46/h5-8,10,14-16,20-21,28,33-34,36,39,44,47-48,50-52,54H,3-4,9,11-13,17-19,22-23H2,1-2H3,(H,45,53)/t28-,33+,34+,36+,39-,41+,43-/m0/s1. The fourth-order valence-corrected chi connectivity index (χ4v) is 9.38. The van der Waals surface area contributed by atoms with Crippen LogP contribution in [0.2, 0.25) is 0 Å². The number of benzene rings is 2. The number of aliphatic hydroxyl groups is 5. The molecule has 0 radical (unpaired) electrons. The van der Waals surface area contributed by atoms with Crippen molar-refractivity contribution in [1.29, 1.82) is 0 Å². The summed E-state index contributed by atoms with van der Waals surface area (Å²) in [6.45, 7) is 2.59. The van der Waals surface area contributed by atoms with E-state index in [-0.39, 0.29) is 35.8 Å². The van der Waals surface area contributed by atoms with E-state index >= 15 is 0 Å². The number of aliphatic hydroxyl groups excluding tert-OH is 4. The molecule has 2 aromatic carbocycles. The summed E-state index contributed by atoms with van der Waals surface area (Å²) in [5.74, 6) is 1.04. The Bertz CT molecular complexity index is 2320. The number of aromatic nitrogens is 2. The van der Waals surface area contributed by atoms with Crippen LogP contribution in [0.5, 0.6) is 11.5 Å². The number of aromatic hydroxyl groups is 1. The maximum atomic E-state index is 13.5. The lowest BCUT2D eigenvalue weighted by molar-refractivity contribution is -0.371. The number of amides is 1. The van der Waals surface area contributed by atoms with E-state index in [0.717, 1.165) is 36.6 Å². The molecule has 1 aliphatic carbocycles. The normalized spacial score (nSPS) is 24.1. The largest absolute Gasteiger partial charge is 0.508 e. The molecule has 310 valence electrons. The maximum Gasteiger partial charge on any atom is 0.226 e. The van der Waals surface area contributed by atoms with Crippen molar-refractivity contribution in [3.63, 3.8) is 0 Å². The van der Waals surface area contributed by atoms with E-state index in [4.69, 9.17) is 18.9 Å². The van der Waals surface area contributed by atoms with E-state index < -0.39 is 54.2 Å². The Balaban J connectivity index is 1.16. The van der Waals surface area contributed by atoms with Gasteiger partial charge >= 0.3 is 0 Å². The SMILES string of the molecule is Cc1cc(=O)c2cc3c(c(-n4cc5cc[nH]c5c4)c2o1)O[C@](C)(CC[C@H]1CNC(=O)C12CCCC2)[C@H](OOC[C@@](O)(Cc1ccc(O)cc1)[C@@H](O)[C@H](O)[C@H](O)CO)C3. The van der Waals surface area contributed by atoms with Gasteiger partial charge < -0.3 is 54.7 Å². The zero-order valence-corrected chi connectivity index (χ0v) is 32.5. The van der Waals surface area contributed by atoms with E-state index in [1.165, 1.54) is 30.3 Å². The van der Waals surface area contributed by atoms with Crippen molar-refractivity contribution in [2.45, 2.75) is 101 Å². The predicted molar refractivity (Wildman–Crippen MR) is 210 cm³/mol. The van der Waals surface area contributed by atoms with Crippen molar-refractivity contribution >= 4 is 27.8 Å². The number of aryl methyl sites for hydroxylation is 1. The van der Waals surface area contributed by atoms with Crippen LogP contribution in [0.1, 0.15) is 62.3 Å². The quantitative estimate of drug-likeness (QED) is 0.0598. The Labute approximate surface area is 333 Å². The van der Waals surface area contributed by atoms with Gasteiger partial charge in [0.15, 0.2) is 16.8 Å². The molecule has 0 unspecified atom stereocenters. The molecule has 0 bridgehead atoms. The molecule has 8 rings (SSSR count). The second-order valence-electron chi connectivity index (χ2n) is 16.7. The Hall–Kier alpha value is -4.74. The van der Waals surface area contributed by atoms with Gasteiger partial charge in [0, 0.05) is 55.0 Å². The number of carbonyl (C=O) groups excluding carboxylic acids is 1. The highest BCUT2D eigenvalue weighted by Crippen LogP contribution is 2.51. The molecule has 8 N–H and O–H groups in total. The Kier molecular flexibility index (Phi) is 10.7. The van der Waals surface area contributed by atoms with Gasteiger partial charge in [-0.3, -0.25) is 9.59 Å². The van der Waals surface area contributed by atoms with Crippen molar-refractivity contribution in [2.75, 3.05) is 19.8 Å². The van der Waals surface area contributed by atoms with Crippen molar-refractivity contribution in [3.8, 4) is 17.2 Å². The zero-order chi connectivity index (χ0) is 41.0. The highest BCUT2D eigenvalue weighted by atomic mass is 17.2. The molecule has 2 aliphatic heterocycles. The lowest BCUT2D eigenvalue weighted by atomic mass is 9.72. The molecule has 58 heavy (non-hydrogen) atoms. The average Bonchev–Trinajstić information content (AvgIpc) is 4.01. The van der Waals surface area contributed by atoms with Crippen LogP contribution in [-0.4, -0.2) is 101 Å². The van der Waals surface area contributed by atoms with Gasteiger partial charge in [0.1, 0.15) is 59.4 Å². The first-order valence-corrected chi connectivity index (χ1v) is 19.9. The molecule has 3 aliphatic rings. The summed E-state index contributed by atoms with van der Waals surface area (Å²) in [6, 6.07) is 11.0. The Morgan fingerprint density at radius 3 is 2.55 bits per heavy atom. The zero-order valence-electron chi connectivity index (χ0n) is 32.5. The van der Waals surface area contributed by atoms with Gasteiger partial charge in [-0.2, -0.15) is 0 Å². The van der Waals surface area contributed by atoms with Crippen LogP contribution in [0, 0.1) is 18.3 Å². The summed E-state index contributed by atoms with van der Waals surface area (Å²) >= 11 is 0. The summed E-state index contributed by atoms with van der Waals surface area (Å²) in [6.07, 6.45) is 3.59. The van der Waals surface area contributed by atoms with Crippen molar-refractivity contribution < 1.29 is 54.4 Å². The molecule has 1 saturated heterocycles. The van der Waals surface area contributed by atoms with E-state index in [2.05, 4.69) is 10.3 Å². The highest BCUT2D eigenvalue weighted by molar-refractivity contribution is 5.91. The smallest absolute Gasteiger partial charge is 0.226 e. The summed E-state index contributed by atoms with van der Waals surface area (Å²) in [5.41, 5.74) is -1.21. The van der Waals surface area contributed by atoms with Crippen molar-refractivity contribution in [3.05, 3.63) is 88.2 Å². The summed E-state index contributed by atoms with van der Waals surface area (Å²) in [4.78, 5) is 42.0. The molecule has 7 atom stereocenters. The minimum atomic E-state index is -2.27. The number of phenols is 1. The maximum absolute atomic E-state index is 13.5. The summed E-state index contributed by atoms with van der Waals surface area (Å²) in [5, 5.41) is 67.7. The van der Waals surface area contributed by atoms with E-state index in [1.54, 1.807) is 13.0 Å². The topological polar surface area (TPSA) is 229 Å². The van der Waals surface area contributed by atoms with Crippen LogP contribution in [-0.2, 0) is 27.4 Å². The summed E-state index contributed by atoms with van der Waals surface area (Å²) in [7, 11) is 0. The van der Waals surface area contributed by atoms with Crippen LogP contribution in [0.15, 0.2) is 70.3 Å². The average molecular weight is 802 g/mol. The third kappa shape index (κ3) is 7.18. The first-order valence-electron chi connectivity index (χ1n) is 19.9. The lowest BCUT2D eigenvalue weighted by Crippen LogP contribution is -2.58. The number of carbonyl (C=O) groups is 1. The fraction of sp³-hybridized carbons (Fsp3) is 0.488. The van der Waals surface area contributed by atoms with Gasteiger partial charge in [-0.05, 0) is 75.3 Å². The van der Waals surface area contributed by atoms with Gasteiger partial charge in [0.2, 0.25) is 5.91 Å². The Morgan fingerprint density at radius 1 is 1.07 bits per heavy atom. The summed E-state index contributed by atoms with van der Waals surface area (Å²) < 4.78 is 15.2. The third-order valence-corrected chi connectivity index (χ3v) is 12.8. The number of aromatic amines is 1. The van der Waals surface area contributed by atoms with Gasteiger partial charge in [-0.1, -0.05) is 25.0 Å². The van der Waals surface area contributed by atoms with Gasteiger partial charge in [-0.15, -0.1) is 0 Å². The highest BCUT2D eigenvalue weighted by Gasteiger charge is 2.53. The van der Waals surface area contributed by atoms with Crippen LogP contribution in [0.3, 0.4) is 0 Å². The number of phenolic OH excluding ortho intramolecular Hbond substituents is 1. The van der Waals surface area contributed by atoms with Crippen LogP contribution in [0.4, 0.5) is 0 Å². The van der Waals surface area contributed by atoms with E-state index in [9.17, 15) is 40.2 Å². The lowest BCUT2D eigenvalue weighted by Gasteiger charge is -2.43. The number of nitrogens with zero attached hydrogens (tertiary/aromatic N) is 1. The molecule has 3 aromatic heterocycles. The first kappa shape index (κ1) is 40.1. The molecule has 15 nitrogen and oxygen atoms in total. The number of hydrogen-bond acceptors (Lipinski definition) is 12. The molecule has 1 saturated carbocycles. The first-order chi connectivity index (χ1) is 27.7. The predicted octanol–water partition coefficient (Wildman–Crippen LogP) is 3.22. The number of hydrogen-bond donors (Lipinski definition) is 8. The molecule has 1 spiro atoms. The molecule has 1 amide bonds. The molecule has 2 fully saturated rings. The number of nitrogens with one attached hydrogen (secondary N) is 2. The van der Waals surface area contributed by atoms with Crippen LogP contribution in [0.25, 0.3) is 27.6 Å². The van der Waals surface area contributed by atoms with Gasteiger partial charge in [-0.25, -0.2) is 9.78 Å². The molecule has 15 heteroatoms. The number of ether oxygens (including phenoxy) is 1. The number of H-pyrrole nitrogens is 1. The van der Waals surface area contributed by atoms with Crippen LogP contribution < -0.4 is 15.5 Å². The molecular weight excluding hydrogens is 750 g/mol. The van der Waals surface area contributed by atoms with Gasteiger partial charge in [0.25, 0.3) is 0 Å². The number of fused-ring (bicyclic) bond motifs is 3. The van der Waals surface area contributed by atoms with Gasteiger partial charge in [0.05, 0.1) is 22.9 Å². The van der Waals surface area contributed by atoms with E-state index in [0.29, 0.717) is 58.7 Å². The fourth-order valence-electron chi connectivity index (χ4n) is 9.38. The van der Waals surface area contributed by atoms with Crippen molar-refractivity contribution in [2.24, 2.45) is 11.3 Å². The van der Waals surface area contributed by atoms with E-state index in [1.807, 2.05) is 36.1 Å². The minimum absolute atomic E-state index is 0.0187.